The highest BCUT2D eigenvalue weighted by Crippen LogP contribution is 2.25. The van der Waals surface area contributed by atoms with Crippen molar-refractivity contribution >= 4 is 29.5 Å². The highest BCUT2D eigenvalue weighted by Gasteiger charge is 2.30. The second kappa shape index (κ2) is 15.1. The fourth-order valence-corrected chi connectivity index (χ4v) is 5.73. The number of nitrogens with zero attached hydrogens (tertiary/aromatic N) is 6. The van der Waals surface area contributed by atoms with E-state index < -0.39 is 12.1 Å². The van der Waals surface area contributed by atoms with Crippen LogP contribution in [0.4, 0.5) is 0 Å². The van der Waals surface area contributed by atoms with Crippen LogP contribution < -0.4 is 10.6 Å². The molecular formula is C32H40N8O4S. The van der Waals surface area contributed by atoms with E-state index in [9.17, 15) is 14.4 Å². The van der Waals surface area contributed by atoms with E-state index in [1.54, 1.807) is 44.4 Å². The topological polar surface area (TPSA) is 140 Å². The van der Waals surface area contributed by atoms with Crippen LogP contribution >= 0.6 is 11.8 Å². The lowest BCUT2D eigenvalue weighted by molar-refractivity contribution is -0.129. The molecule has 2 N–H and O–H groups in total. The van der Waals surface area contributed by atoms with Gasteiger partial charge in [0.15, 0.2) is 17.4 Å². The fraction of sp³-hybridized carbons (Fsp3) is 0.438. The number of nitrogens with one attached hydrogen (secondary N) is 2. The highest BCUT2D eigenvalue weighted by atomic mass is 32.2. The minimum absolute atomic E-state index is 0.0283. The van der Waals surface area contributed by atoms with Gasteiger partial charge < -0.3 is 20.0 Å². The van der Waals surface area contributed by atoms with Gasteiger partial charge in [0.25, 0.3) is 5.91 Å². The molecule has 0 unspecified atom stereocenters. The van der Waals surface area contributed by atoms with Gasteiger partial charge in [-0.3, -0.25) is 19.1 Å². The van der Waals surface area contributed by atoms with Crippen molar-refractivity contribution in [3.8, 4) is 11.4 Å². The maximum Gasteiger partial charge on any atom is 0.289 e. The van der Waals surface area contributed by atoms with Crippen LogP contribution in [0.2, 0.25) is 0 Å². The van der Waals surface area contributed by atoms with Crippen molar-refractivity contribution in [3.05, 3.63) is 78.3 Å². The van der Waals surface area contributed by atoms with Crippen LogP contribution in [0.1, 0.15) is 61.3 Å². The molecule has 1 aliphatic heterocycles. The van der Waals surface area contributed by atoms with Gasteiger partial charge >= 0.3 is 0 Å². The molecule has 238 valence electrons. The zero-order chi connectivity index (χ0) is 31.8. The first-order valence-electron chi connectivity index (χ1n) is 15.3. The quantitative estimate of drug-likeness (QED) is 0.299. The Balaban J connectivity index is 1.46. The van der Waals surface area contributed by atoms with Gasteiger partial charge in [0.05, 0.1) is 19.1 Å². The third-order valence-corrected chi connectivity index (χ3v) is 8.33. The minimum Gasteiger partial charge on any atom is -0.454 e. The molecule has 0 bridgehead atoms. The van der Waals surface area contributed by atoms with Crippen LogP contribution in [0.5, 0.6) is 0 Å². The first-order valence-corrected chi connectivity index (χ1v) is 16.7. The van der Waals surface area contributed by atoms with Gasteiger partial charge in [-0.25, -0.2) is 9.67 Å². The molecule has 5 rings (SSSR count). The van der Waals surface area contributed by atoms with Gasteiger partial charge in [-0.15, -0.1) is 0 Å². The van der Waals surface area contributed by atoms with Gasteiger partial charge in [-0.1, -0.05) is 44.2 Å². The molecule has 4 aromatic rings. The van der Waals surface area contributed by atoms with E-state index >= 15 is 0 Å². The minimum atomic E-state index is -0.687. The second-order valence-electron chi connectivity index (χ2n) is 11.4. The Kier molecular flexibility index (Phi) is 10.7. The number of benzene rings is 1. The molecule has 0 saturated carbocycles. The number of aromatic nitrogens is 5. The highest BCUT2D eigenvalue weighted by molar-refractivity contribution is 7.98. The van der Waals surface area contributed by atoms with Crippen molar-refractivity contribution in [2.24, 2.45) is 5.92 Å². The Bertz CT molecular complexity index is 1570. The summed E-state index contributed by atoms with van der Waals surface area (Å²) in [6.45, 7) is 5.40. The molecule has 0 aliphatic carbocycles. The van der Waals surface area contributed by atoms with Crippen LogP contribution in [0, 0.1) is 5.92 Å². The number of fused-ring (bicyclic) bond motifs is 1. The summed E-state index contributed by atoms with van der Waals surface area (Å²) in [5.74, 6) is 1.90. The summed E-state index contributed by atoms with van der Waals surface area (Å²) in [6.07, 6.45) is 6.58. The molecule has 0 saturated heterocycles. The van der Waals surface area contributed by atoms with Crippen molar-refractivity contribution in [1.29, 1.82) is 0 Å². The third kappa shape index (κ3) is 8.21. The number of rotatable bonds is 8. The van der Waals surface area contributed by atoms with E-state index in [-0.39, 0.29) is 35.8 Å². The van der Waals surface area contributed by atoms with E-state index in [0.717, 1.165) is 5.56 Å². The molecule has 0 spiro atoms. The molecule has 3 aromatic heterocycles. The predicted molar refractivity (Wildman–Crippen MR) is 171 cm³/mol. The summed E-state index contributed by atoms with van der Waals surface area (Å²) in [5, 5.41) is 15.2. The summed E-state index contributed by atoms with van der Waals surface area (Å²) >= 11 is 1.62. The Morgan fingerprint density at radius 1 is 1.07 bits per heavy atom. The lowest BCUT2D eigenvalue weighted by Crippen LogP contribution is -2.49. The molecule has 1 aromatic carbocycles. The van der Waals surface area contributed by atoms with E-state index in [1.807, 2.05) is 62.7 Å². The number of hydrogen-bond acceptors (Lipinski definition) is 8. The van der Waals surface area contributed by atoms with Gasteiger partial charge in [-0.05, 0) is 49.0 Å². The summed E-state index contributed by atoms with van der Waals surface area (Å²) < 4.78 is 9.44. The molecule has 45 heavy (non-hydrogen) atoms. The number of carbonyl (C=O) groups is 3. The summed E-state index contributed by atoms with van der Waals surface area (Å²) in [5.41, 5.74) is 0.850. The zero-order valence-corrected chi connectivity index (χ0v) is 26.7. The SMILES string of the molecule is CSCC[C@@H]1NC(=O)CCCN(C(=O)c2ccc(Cn3cccn3)o2)CCn2nc(-c3ccccc3)nc2[C@@H](C(C)C)NC1=O. The molecule has 4 heterocycles. The van der Waals surface area contributed by atoms with Crippen LogP contribution in [-0.4, -0.2) is 78.3 Å². The second-order valence-corrected chi connectivity index (χ2v) is 12.4. The Labute approximate surface area is 266 Å². The van der Waals surface area contributed by atoms with Crippen LogP contribution in [0.3, 0.4) is 0 Å². The Morgan fingerprint density at radius 2 is 1.89 bits per heavy atom. The lowest BCUT2D eigenvalue weighted by atomic mass is 10.0. The van der Waals surface area contributed by atoms with Crippen molar-refractivity contribution in [2.45, 2.75) is 58.3 Å². The maximum atomic E-state index is 13.8. The number of thioether (sulfide) groups is 1. The maximum absolute atomic E-state index is 13.8. The summed E-state index contributed by atoms with van der Waals surface area (Å²) in [7, 11) is 0. The molecule has 3 amide bonds. The predicted octanol–water partition coefficient (Wildman–Crippen LogP) is 3.77. The average molecular weight is 633 g/mol. The molecule has 12 nitrogen and oxygen atoms in total. The van der Waals surface area contributed by atoms with E-state index in [0.29, 0.717) is 62.2 Å². The number of amides is 3. The van der Waals surface area contributed by atoms with Crippen LogP contribution in [0.15, 0.2) is 65.3 Å². The zero-order valence-electron chi connectivity index (χ0n) is 25.9. The largest absolute Gasteiger partial charge is 0.454 e. The van der Waals surface area contributed by atoms with Crippen molar-refractivity contribution in [3.63, 3.8) is 0 Å². The van der Waals surface area contributed by atoms with Gasteiger partial charge in [0.1, 0.15) is 11.8 Å². The molecule has 0 radical (unpaired) electrons. The standard InChI is InChI=1S/C32H40N8O4S/c1-22(2)28-30-36-29(23-9-5-4-6-10-23)37-40(30)19-18-38(16-7-11-27(41)34-25(14-20-45-3)31(42)35-28)32(43)26-13-12-24(44-26)21-39-17-8-15-33-39/h4-6,8-10,12-13,15,17,22,25,28H,7,11,14,16,18-21H2,1-3H3,(H,34,41)(H,35,42)/t25-,28+/m0/s1. The molecule has 2 atom stereocenters. The normalized spacial score (nSPS) is 18.3. The molecule has 13 heteroatoms. The molecular weight excluding hydrogens is 592 g/mol. The van der Waals surface area contributed by atoms with Crippen molar-refractivity contribution in [1.82, 2.24) is 40.1 Å². The fourth-order valence-electron chi connectivity index (χ4n) is 5.26. The van der Waals surface area contributed by atoms with Gasteiger partial charge in [0, 0.05) is 37.5 Å². The monoisotopic (exact) mass is 632 g/mol. The smallest absolute Gasteiger partial charge is 0.289 e. The molecule has 1 aliphatic rings. The summed E-state index contributed by atoms with van der Waals surface area (Å²) in [6, 6.07) is 13.8. The van der Waals surface area contributed by atoms with Crippen LogP contribution in [0.25, 0.3) is 11.4 Å². The average Bonchev–Trinajstić information content (AvgIpc) is 3.81. The lowest BCUT2D eigenvalue weighted by Gasteiger charge is -2.27. The van der Waals surface area contributed by atoms with Crippen molar-refractivity contribution < 1.29 is 18.8 Å². The van der Waals surface area contributed by atoms with Gasteiger partial charge in [0.2, 0.25) is 11.8 Å². The van der Waals surface area contributed by atoms with E-state index in [1.165, 1.54) is 0 Å². The summed E-state index contributed by atoms with van der Waals surface area (Å²) in [4.78, 5) is 46.9. The number of carbonyl (C=O) groups excluding carboxylic acids is 3. The Hall–Kier alpha value is -4.39. The number of furan rings is 1. The van der Waals surface area contributed by atoms with E-state index in [2.05, 4.69) is 15.7 Å². The third-order valence-electron chi connectivity index (χ3n) is 7.69. The first kappa shape index (κ1) is 32.0. The van der Waals surface area contributed by atoms with Crippen LogP contribution in [-0.2, 0) is 22.7 Å². The van der Waals surface area contributed by atoms with Crippen molar-refractivity contribution in [2.75, 3.05) is 25.1 Å². The molecule has 0 fully saturated rings. The first-order chi connectivity index (χ1) is 21.8. The Morgan fingerprint density at radius 3 is 2.62 bits per heavy atom. The van der Waals surface area contributed by atoms with Gasteiger partial charge in [-0.2, -0.15) is 22.0 Å². The van der Waals surface area contributed by atoms with E-state index in [4.69, 9.17) is 14.5 Å². The number of hydrogen-bond donors (Lipinski definition) is 2.